The van der Waals surface area contributed by atoms with Gasteiger partial charge < -0.3 is 9.64 Å². The van der Waals surface area contributed by atoms with Crippen molar-refractivity contribution in [1.29, 1.82) is 0 Å². The van der Waals surface area contributed by atoms with E-state index in [1.165, 1.54) is 42.2 Å². The van der Waals surface area contributed by atoms with E-state index in [1.807, 2.05) is 18.3 Å². The van der Waals surface area contributed by atoms with Gasteiger partial charge in [-0.15, -0.1) is 0 Å². The minimum Gasteiger partial charge on any atom is -0.494 e. The first-order valence-corrected chi connectivity index (χ1v) is 14.2. The zero-order valence-corrected chi connectivity index (χ0v) is 22.3. The fourth-order valence-electron chi connectivity index (χ4n) is 6.17. The number of rotatable bonds is 9. The molecular formula is C32H41N3O2. The van der Waals surface area contributed by atoms with Crippen LogP contribution in [-0.2, 0) is 17.9 Å². The first kappa shape index (κ1) is 25.7. The molecular weight excluding hydrogens is 458 g/mol. The molecule has 1 aromatic heterocycles. The SMILES string of the molecule is CN(Cc1cccc(OCCC2CCCCN2C(=O)C2CCCCC2)c1)Cc1cccc2cccnc12. The predicted molar refractivity (Wildman–Crippen MR) is 149 cm³/mol. The van der Waals surface area contributed by atoms with Gasteiger partial charge in [0, 0.05) is 49.6 Å². The van der Waals surface area contributed by atoms with E-state index >= 15 is 0 Å². The summed E-state index contributed by atoms with van der Waals surface area (Å²) in [4.78, 5) is 22.3. The molecule has 2 heterocycles. The standard InChI is InChI=1S/C32H41N3O2/c1-34(24-28-14-8-13-26-15-9-19-33-31(26)28)23-25-10-7-17-30(22-25)37-21-18-29-16-5-6-20-35(29)32(36)27-11-3-2-4-12-27/h7-10,13-15,17,19,22,27,29H,2-6,11-12,16,18,20-21,23-24H2,1H3. The fourth-order valence-corrected chi connectivity index (χ4v) is 6.17. The lowest BCUT2D eigenvalue weighted by atomic mass is 9.87. The quantitative estimate of drug-likeness (QED) is 0.333. The number of nitrogens with zero attached hydrogens (tertiary/aromatic N) is 3. The first-order chi connectivity index (χ1) is 18.2. The van der Waals surface area contributed by atoms with Crippen molar-refractivity contribution in [2.75, 3.05) is 20.2 Å². The molecule has 2 fully saturated rings. The van der Waals surface area contributed by atoms with Crippen LogP contribution in [-0.4, -0.2) is 46.9 Å². The summed E-state index contributed by atoms with van der Waals surface area (Å²) in [7, 11) is 2.15. The molecule has 0 spiro atoms. The van der Waals surface area contributed by atoms with E-state index in [4.69, 9.17) is 4.74 Å². The van der Waals surface area contributed by atoms with Crippen molar-refractivity contribution in [3.8, 4) is 5.75 Å². The molecule has 37 heavy (non-hydrogen) atoms. The lowest BCUT2D eigenvalue weighted by Gasteiger charge is -2.38. The number of ether oxygens (including phenoxy) is 1. The second kappa shape index (κ2) is 12.6. The van der Waals surface area contributed by atoms with E-state index in [0.29, 0.717) is 18.6 Å². The maximum atomic E-state index is 13.2. The number of para-hydroxylation sites is 1. The van der Waals surface area contributed by atoms with Gasteiger partial charge in [0.25, 0.3) is 0 Å². The van der Waals surface area contributed by atoms with Crippen molar-refractivity contribution >= 4 is 16.8 Å². The Labute approximate surface area is 221 Å². The van der Waals surface area contributed by atoms with Crippen LogP contribution < -0.4 is 4.74 Å². The van der Waals surface area contributed by atoms with Gasteiger partial charge in [-0.2, -0.15) is 0 Å². The van der Waals surface area contributed by atoms with Crippen molar-refractivity contribution in [2.24, 2.45) is 5.92 Å². The number of piperidine rings is 1. The van der Waals surface area contributed by atoms with Gasteiger partial charge in [-0.05, 0) is 68.5 Å². The topological polar surface area (TPSA) is 45.7 Å². The smallest absolute Gasteiger partial charge is 0.225 e. The van der Waals surface area contributed by atoms with Crippen LogP contribution in [0.5, 0.6) is 5.75 Å². The number of amides is 1. The van der Waals surface area contributed by atoms with Crippen molar-refractivity contribution in [3.05, 3.63) is 71.9 Å². The summed E-state index contributed by atoms with van der Waals surface area (Å²) in [5.74, 6) is 1.59. The Morgan fingerprint density at radius 3 is 2.68 bits per heavy atom. The van der Waals surface area contributed by atoms with Gasteiger partial charge in [0.1, 0.15) is 5.75 Å². The highest BCUT2D eigenvalue weighted by Crippen LogP contribution is 2.29. The van der Waals surface area contributed by atoms with Crippen LogP contribution in [0.15, 0.2) is 60.8 Å². The number of likely N-dealkylation sites (tertiary alicyclic amines) is 1. The van der Waals surface area contributed by atoms with Crippen LogP contribution in [0, 0.1) is 5.92 Å². The molecule has 1 amide bonds. The number of hydrogen-bond acceptors (Lipinski definition) is 4. The Morgan fingerprint density at radius 2 is 1.78 bits per heavy atom. The van der Waals surface area contributed by atoms with Crippen LogP contribution in [0.2, 0.25) is 0 Å². The van der Waals surface area contributed by atoms with Crippen molar-refractivity contribution in [3.63, 3.8) is 0 Å². The molecule has 3 aromatic rings. The molecule has 0 N–H and O–H groups in total. The Balaban J connectivity index is 1.14. The summed E-state index contributed by atoms with van der Waals surface area (Å²) >= 11 is 0. The zero-order valence-electron chi connectivity index (χ0n) is 22.3. The number of aromatic nitrogens is 1. The third-order valence-corrected chi connectivity index (χ3v) is 8.09. The maximum Gasteiger partial charge on any atom is 0.225 e. The monoisotopic (exact) mass is 499 g/mol. The van der Waals surface area contributed by atoms with Crippen LogP contribution in [0.4, 0.5) is 0 Å². The molecule has 1 saturated carbocycles. The minimum absolute atomic E-state index is 0.258. The average Bonchev–Trinajstić information content (AvgIpc) is 2.94. The maximum absolute atomic E-state index is 13.2. The largest absolute Gasteiger partial charge is 0.494 e. The predicted octanol–water partition coefficient (Wildman–Crippen LogP) is 6.60. The first-order valence-electron chi connectivity index (χ1n) is 14.2. The summed E-state index contributed by atoms with van der Waals surface area (Å²) in [5, 5.41) is 1.18. The molecule has 5 heteroatoms. The van der Waals surface area contributed by atoms with Gasteiger partial charge in [-0.1, -0.05) is 55.7 Å². The molecule has 1 saturated heterocycles. The fraction of sp³-hybridized carbons (Fsp3) is 0.500. The van der Waals surface area contributed by atoms with E-state index in [2.05, 4.69) is 64.3 Å². The summed E-state index contributed by atoms with van der Waals surface area (Å²) in [6.45, 7) is 3.26. The zero-order chi connectivity index (χ0) is 25.5. The summed E-state index contributed by atoms with van der Waals surface area (Å²) in [6.07, 6.45) is 12.1. The highest BCUT2D eigenvalue weighted by Gasteiger charge is 2.32. The van der Waals surface area contributed by atoms with E-state index in [1.54, 1.807) is 0 Å². The van der Waals surface area contributed by atoms with E-state index in [-0.39, 0.29) is 5.92 Å². The summed E-state index contributed by atoms with van der Waals surface area (Å²) in [6, 6.07) is 19.3. The molecule has 1 aliphatic heterocycles. The van der Waals surface area contributed by atoms with Gasteiger partial charge in [-0.3, -0.25) is 14.7 Å². The Hall–Kier alpha value is -2.92. The molecule has 1 unspecified atom stereocenters. The molecule has 5 rings (SSSR count). The van der Waals surface area contributed by atoms with Gasteiger partial charge >= 0.3 is 0 Å². The van der Waals surface area contributed by atoms with Crippen molar-refractivity contribution in [1.82, 2.24) is 14.8 Å². The van der Waals surface area contributed by atoms with Gasteiger partial charge in [0.05, 0.1) is 12.1 Å². The molecule has 1 atom stereocenters. The second-order valence-electron chi connectivity index (χ2n) is 11.0. The highest BCUT2D eigenvalue weighted by atomic mass is 16.5. The van der Waals surface area contributed by atoms with Crippen LogP contribution >= 0.6 is 0 Å². The summed E-state index contributed by atoms with van der Waals surface area (Å²) < 4.78 is 6.21. The number of benzene rings is 2. The van der Waals surface area contributed by atoms with Crippen molar-refractivity contribution in [2.45, 2.75) is 76.9 Å². The third-order valence-electron chi connectivity index (χ3n) is 8.09. The van der Waals surface area contributed by atoms with E-state index in [9.17, 15) is 4.79 Å². The molecule has 2 aliphatic rings. The Morgan fingerprint density at radius 1 is 0.973 bits per heavy atom. The molecule has 196 valence electrons. The van der Waals surface area contributed by atoms with Crippen LogP contribution in [0.1, 0.15) is 68.9 Å². The van der Waals surface area contributed by atoms with Crippen LogP contribution in [0.3, 0.4) is 0 Å². The summed E-state index contributed by atoms with van der Waals surface area (Å²) in [5.41, 5.74) is 3.56. The Bertz CT molecular complexity index is 1170. The molecule has 5 nitrogen and oxygen atoms in total. The number of hydrogen-bond donors (Lipinski definition) is 0. The average molecular weight is 500 g/mol. The van der Waals surface area contributed by atoms with Gasteiger partial charge in [-0.25, -0.2) is 0 Å². The number of pyridine rings is 1. The molecule has 2 aromatic carbocycles. The van der Waals surface area contributed by atoms with E-state index in [0.717, 1.165) is 63.0 Å². The third kappa shape index (κ3) is 6.70. The molecule has 1 aliphatic carbocycles. The lowest BCUT2D eigenvalue weighted by Crippen LogP contribution is -2.47. The number of carbonyl (C=O) groups is 1. The van der Waals surface area contributed by atoms with Crippen LogP contribution in [0.25, 0.3) is 10.9 Å². The van der Waals surface area contributed by atoms with Gasteiger partial charge in [0.2, 0.25) is 5.91 Å². The molecule has 0 bridgehead atoms. The lowest BCUT2D eigenvalue weighted by molar-refractivity contribution is -0.140. The van der Waals surface area contributed by atoms with Crippen molar-refractivity contribution < 1.29 is 9.53 Å². The highest BCUT2D eigenvalue weighted by molar-refractivity contribution is 5.81. The minimum atomic E-state index is 0.258. The normalized spacial score (nSPS) is 18.9. The Kier molecular flexibility index (Phi) is 8.72. The van der Waals surface area contributed by atoms with Gasteiger partial charge in [0.15, 0.2) is 0 Å². The second-order valence-corrected chi connectivity index (χ2v) is 11.0. The number of carbonyl (C=O) groups excluding carboxylic acids is 1. The number of fused-ring (bicyclic) bond motifs is 1. The molecule has 0 radical (unpaired) electrons. The van der Waals surface area contributed by atoms with E-state index < -0.39 is 0 Å².